The van der Waals surface area contributed by atoms with Gasteiger partial charge in [-0.2, -0.15) is 0 Å². The summed E-state index contributed by atoms with van der Waals surface area (Å²) in [4.78, 5) is 10.9. The number of nitrogens with two attached hydrogens (primary N) is 1. The van der Waals surface area contributed by atoms with Crippen molar-refractivity contribution >= 4 is 5.97 Å². The zero-order valence-electron chi connectivity index (χ0n) is 8.98. The summed E-state index contributed by atoms with van der Waals surface area (Å²) in [5.74, 6) is -0.686. The molecule has 0 aromatic rings. The lowest BCUT2D eigenvalue weighted by Crippen LogP contribution is -2.31. The molecule has 0 bridgehead atoms. The fourth-order valence-electron chi connectivity index (χ4n) is 0.770. The van der Waals surface area contributed by atoms with Crippen molar-refractivity contribution in [2.24, 2.45) is 5.73 Å². The average molecular weight is 221 g/mol. The number of hydrogen-bond donors (Lipinski definition) is 2. The second kappa shape index (κ2) is 9.85. The minimum Gasteiger partial charge on any atom is -0.464 e. The van der Waals surface area contributed by atoms with Crippen molar-refractivity contribution in [3.05, 3.63) is 0 Å². The summed E-state index contributed by atoms with van der Waals surface area (Å²) in [6, 6.07) is 0. The molecule has 0 saturated carbocycles. The Morgan fingerprint density at radius 2 is 2.07 bits per heavy atom. The van der Waals surface area contributed by atoms with E-state index in [4.69, 9.17) is 25.1 Å². The molecule has 1 atom stereocenters. The fraction of sp³-hybridized carbons (Fsp3) is 0.889. The van der Waals surface area contributed by atoms with E-state index >= 15 is 0 Å². The summed E-state index contributed by atoms with van der Waals surface area (Å²) in [5, 5.41) is 8.95. The standard InChI is InChI=1S/C9H19NO5/c1-13-5-6-14-3-2-4-15-9(12)8(11)7-10/h8,11H,2-7,10H2,1H3. The molecule has 6 nitrogen and oxygen atoms in total. The second-order valence-corrected chi connectivity index (χ2v) is 2.88. The predicted molar refractivity (Wildman–Crippen MR) is 53.3 cm³/mol. The molecule has 0 aliphatic heterocycles. The molecule has 1 unspecified atom stereocenters. The number of aliphatic hydroxyl groups is 1. The lowest BCUT2D eigenvalue weighted by Gasteiger charge is -2.08. The number of methoxy groups -OCH3 is 1. The van der Waals surface area contributed by atoms with Crippen LogP contribution in [-0.4, -0.2) is 57.3 Å². The highest BCUT2D eigenvalue weighted by Crippen LogP contribution is 1.90. The Morgan fingerprint density at radius 3 is 2.67 bits per heavy atom. The number of carbonyl (C=O) groups excluding carboxylic acids is 1. The summed E-state index contributed by atoms with van der Waals surface area (Å²) in [7, 11) is 1.60. The molecule has 15 heavy (non-hydrogen) atoms. The highest BCUT2D eigenvalue weighted by molar-refractivity contribution is 5.74. The Morgan fingerprint density at radius 1 is 1.33 bits per heavy atom. The maximum Gasteiger partial charge on any atom is 0.336 e. The molecule has 0 radical (unpaired) electrons. The third-order valence-electron chi connectivity index (χ3n) is 1.60. The topological polar surface area (TPSA) is 91.0 Å². The van der Waals surface area contributed by atoms with Gasteiger partial charge in [-0.15, -0.1) is 0 Å². The Kier molecular flexibility index (Phi) is 9.40. The molecular weight excluding hydrogens is 202 g/mol. The summed E-state index contributed by atoms with van der Waals surface area (Å²) in [5.41, 5.74) is 5.07. The average Bonchev–Trinajstić information content (AvgIpc) is 2.26. The Balaban J connectivity index is 3.20. The largest absolute Gasteiger partial charge is 0.464 e. The van der Waals surface area contributed by atoms with Gasteiger partial charge in [0.2, 0.25) is 0 Å². The van der Waals surface area contributed by atoms with Gasteiger partial charge in [-0.1, -0.05) is 0 Å². The van der Waals surface area contributed by atoms with E-state index in [-0.39, 0.29) is 13.2 Å². The first-order chi connectivity index (χ1) is 7.22. The van der Waals surface area contributed by atoms with Crippen LogP contribution in [0.4, 0.5) is 0 Å². The summed E-state index contributed by atoms with van der Waals surface area (Å²) in [6.07, 6.45) is -0.633. The van der Waals surface area contributed by atoms with Crippen molar-refractivity contribution in [3.8, 4) is 0 Å². The van der Waals surface area contributed by atoms with Crippen LogP contribution in [0.5, 0.6) is 0 Å². The molecule has 0 spiro atoms. The van der Waals surface area contributed by atoms with E-state index in [1.165, 1.54) is 0 Å². The first kappa shape index (κ1) is 14.3. The minimum absolute atomic E-state index is 0.122. The van der Waals surface area contributed by atoms with Gasteiger partial charge in [0, 0.05) is 26.7 Å². The highest BCUT2D eigenvalue weighted by Gasteiger charge is 2.13. The van der Waals surface area contributed by atoms with E-state index < -0.39 is 12.1 Å². The maximum atomic E-state index is 10.9. The van der Waals surface area contributed by atoms with Gasteiger partial charge in [-0.05, 0) is 0 Å². The summed E-state index contributed by atoms with van der Waals surface area (Å²) in [6.45, 7) is 1.67. The van der Waals surface area contributed by atoms with Crippen LogP contribution in [-0.2, 0) is 19.0 Å². The Hall–Kier alpha value is -0.690. The van der Waals surface area contributed by atoms with Crippen LogP contribution in [0.1, 0.15) is 6.42 Å². The van der Waals surface area contributed by atoms with Crippen LogP contribution in [0.15, 0.2) is 0 Å². The van der Waals surface area contributed by atoms with Gasteiger partial charge in [-0.3, -0.25) is 0 Å². The van der Waals surface area contributed by atoms with Gasteiger partial charge in [0.05, 0.1) is 19.8 Å². The number of esters is 1. The molecule has 6 heteroatoms. The third-order valence-corrected chi connectivity index (χ3v) is 1.60. The van der Waals surface area contributed by atoms with Crippen LogP contribution < -0.4 is 5.73 Å². The third kappa shape index (κ3) is 8.31. The molecule has 0 fully saturated rings. The fourth-order valence-corrected chi connectivity index (χ4v) is 0.770. The molecule has 0 aromatic carbocycles. The lowest BCUT2D eigenvalue weighted by molar-refractivity contribution is -0.153. The first-order valence-electron chi connectivity index (χ1n) is 4.83. The molecule has 0 heterocycles. The van der Waals surface area contributed by atoms with E-state index in [9.17, 15) is 4.79 Å². The molecule has 0 aromatic heterocycles. The normalized spacial score (nSPS) is 12.5. The van der Waals surface area contributed by atoms with Gasteiger partial charge in [0.25, 0.3) is 0 Å². The number of ether oxygens (including phenoxy) is 3. The van der Waals surface area contributed by atoms with Crippen molar-refractivity contribution in [2.75, 3.05) is 40.1 Å². The van der Waals surface area contributed by atoms with E-state index in [0.29, 0.717) is 26.2 Å². The smallest absolute Gasteiger partial charge is 0.336 e. The molecule has 3 N–H and O–H groups in total. The van der Waals surface area contributed by atoms with E-state index in [0.717, 1.165) is 0 Å². The minimum atomic E-state index is -1.22. The van der Waals surface area contributed by atoms with Crippen LogP contribution in [0.2, 0.25) is 0 Å². The molecule has 0 saturated heterocycles. The lowest BCUT2D eigenvalue weighted by atomic mass is 10.4. The Bertz CT molecular complexity index is 165. The van der Waals surface area contributed by atoms with E-state index in [1.54, 1.807) is 7.11 Å². The SMILES string of the molecule is COCCOCCCOC(=O)C(O)CN. The summed E-state index contributed by atoms with van der Waals surface area (Å²) >= 11 is 0. The molecule has 90 valence electrons. The van der Waals surface area contributed by atoms with Gasteiger partial charge in [-0.25, -0.2) is 4.79 Å². The van der Waals surface area contributed by atoms with Gasteiger partial charge in [0.15, 0.2) is 6.10 Å². The molecular formula is C9H19NO5. The van der Waals surface area contributed by atoms with Crippen molar-refractivity contribution in [2.45, 2.75) is 12.5 Å². The molecule has 0 aliphatic carbocycles. The number of aliphatic hydroxyl groups excluding tert-OH is 1. The number of hydrogen-bond acceptors (Lipinski definition) is 6. The van der Waals surface area contributed by atoms with Crippen molar-refractivity contribution in [1.82, 2.24) is 0 Å². The Labute approximate surface area is 89.3 Å². The van der Waals surface area contributed by atoms with Crippen molar-refractivity contribution in [3.63, 3.8) is 0 Å². The highest BCUT2D eigenvalue weighted by atomic mass is 16.5. The van der Waals surface area contributed by atoms with Gasteiger partial charge in [0.1, 0.15) is 0 Å². The van der Waals surface area contributed by atoms with Gasteiger partial charge >= 0.3 is 5.97 Å². The van der Waals surface area contributed by atoms with Crippen LogP contribution >= 0.6 is 0 Å². The zero-order valence-corrected chi connectivity index (χ0v) is 8.98. The molecule has 0 rings (SSSR count). The zero-order chi connectivity index (χ0) is 11.5. The maximum absolute atomic E-state index is 10.9. The van der Waals surface area contributed by atoms with Crippen LogP contribution in [0, 0.1) is 0 Å². The van der Waals surface area contributed by atoms with E-state index in [2.05, 4.69) is 0 Å². The quantitative estimate of drug-likeness (QED) is 0.379. The first-order valence-corrected chi connectivity index (χ1v) is 4.83. The van der Waals surface area contributed by atoms with Gasteiger partial charge < -0.3 is 25.1 Å². The van der Waals surface area contributed by atoms with Crippen molar-refractivity contribution < 1.29 is 24.1 Å². The number of rotatable bonds is 9. The monoisotopic (exact) mass is 221 g/mol. The van der Waals surface area contributed by atoms with Crippen molar-refractivity contribution in [1.29, 1.82) is 0 Å². The summed E-state index contributed by atoms with van der Waals surface area (Å²) < 4.78 is 14.6. The van der Waals surface area contributed by atoms with E-state index in [1.807, 2.05) is 0 Å². The molecule has 0 aliphatic rings. The van der Waals surface area contributed by atoms with Crippen LogP contribution in [0.3, 0.4) is 0 Å². The second-order valence-electron chi connectivity index (χ2n) is 2.88. The predicted octanol–water partition coefficient (Wildman–Crippen LogP) is -1.10. The molecule has 0 amide bonds. The number of carbonyl (C=O) groups is 1. The van der Waals surface area contributed by atoms with Crippen LogP contribution in [0.25, 0.3) is 0 Å².